The van der Waals surface area contributed by atoms with Crippen LogP contribution in [-0.4, -0.2) is 6.61 Å². The maximum Gasteiger partial charge on any atom is 0.178 e. The van der Waals surface area contributed by atoms with Crippen molar-refractivity contribution in [2.24, 2.45) is 0 Å². The molecule has 0 fully saturated rings. The fraction of sp³-hybridized carbons (Fsp3) is 0.500. The van der Waals surface area contributed by atoms with Gasteiger partial charge in [-0.25, -0.2) is 0 Å². The third-order valence-electron chi connectivity index (χ3n) is 2.20. The number of hydrogen-bond donors (Lipinski definition) is 0. The first-order chi connectivity index (χ1) is 7.54. The fourth-order valence-corrected chi connectivity index (χ4v) is 1.94. The smallest absolute Gasteiger partial charge is 0.178 e. The van der Waals surface area contributed by atoms with Crippen molar-refractivity contribution in [3.63, 3.8) is 0 Å². The maximum absolute atomic E-state index is 6.05. The molecule has 0 aliphatic carbocycles. The molecule has 1 aromatic carbocycles. The zero-order valence-corrected chi connectivity index (χ0v) is 13.1. The van der Waals surface area contributed by atoms with Crippen molar-refractivity contribution in [1.29, 1.82) is 0 Å². The summed E-state index contributed by atoms with van der Waals surface area (Å²) < 4.78 is 4.92. The molecule has 0 unspecified atom stereocenters. The summed E-state index contributed by atoms with van der Waals surface area (Å²) in [7, 11) is 0. The Hall–Kier alpha value is 0.270. The standard InChI is InChI=1S/C12H15Br2ClO/c1-2-3-4-9-16-11-7-5-10(6-8-11)12(13,14)15/h5-8H,2-4,9H2,1H3. The van der Waals surface area contributed by atoms with E-state index < -0.39 is 2.69 Å². The third kappa shape index (κ3) is 5.07. The minimum absolute atomic E-state index is 0.680. The van der Waals surface area contributed by atoms with Crippen molar-refractivity contribution in [1.82, 2.24) is 0 Å². The fourth-order valence-electron chi connectivity index (χ4n) is 1.28. The zero-order chi connectivity index (χ0) is 12.0. The van der Waals surface area contributed by atoms with Crippen LogP contribution >= 0.6 is 43.5 Å². The molecule has 0 radical (unpaired) electrons. The van der Waals surface area contributed by atoms with Crippen LogP contribution < -0.4 is 4.74 Å². The number of benzene rings is 1. The number of unbranched alkanes of at least 4 members (excludes halogenated alkanes) is 2. The van der Waals surface area contributed by atoms with Crippen LogP contribution in [0.25, 0.3) is 0 Å². The van der Waals surface area contributed by atoms with Crippen LogP contribution in [0.4, 0.5) is 0 Å². The van der Waals surface area contributed by atoms with Gasteiger partial charge in [-0.15, -0.1) is 0 Å². The number of hydrogen-bond acceptors (Lipinski definition) is 1. The molecule has 1 rings (SSSR count). The predicted molar refractivity (Wildman–Crippen MR) is 76.8 cm³/mol. The number of ether oxygens (including phenoxy) is 1. The van der Waals surface area contributed by atoms with Crippen LogP contribution in [0, 0.1) is 0 Å². The summed E-state index contributed by atoms with van der Waals surface area (Å²) in [6.07, 6.45) is 3.53. The van der Waals surface area contributed by atoms with Gasteiger partial charge in [0.25, 0.3) is 0 Å². The summed E-state index contributed by atoms with van der Waals surface area (Å²) in [6.45, 7) is 2.96. The Kier molecular flexibility index (Phi) is 6.16. The van der Waals surface area contributed by atoms with Gasteiger partial charge in [0.05, 0.1) is 6.61 Å². The van der Waals surface area contributed by atoms with Gasteiger partial charge >= 0.3 is 0 Å². The molecular weight excluding hydrogens is 355 g/mol. The predicted octanol–water partition coefficient (Wildman–Crippen LogP) is 5.39. The summed E-state index contributed by atoms with van der Waals surface area (Å²) in [5.74, 6) is 0.890. The molecule has 0 aliphatic rings. The van der Waals surface area contributed by atoms with Crippen LogP contribution in [0.2, 0.25) is 0 Å². The Balaban J connectivity index is 2.46. The lowest BCUT2D eigenvalue weighted by atomic mass is 10.2. The molecule has 0 aliphatic heterocycles. The number of rotatable bonds is 6. The summed E-state index contributed by atoms with van der Waals surface area (Å²) in [5.41, 5.74) is 0.954. The van der Waals surface area contributed by atoms with Crippen LogP contribution in [0.1, 0.15) is 31.7 Å². The molecule has 0 N–H and O–H groups in total. The maximum atomic E-state index is 6.05. The Labute approximate surface area is 119 Å². The van der Waals surface area contributed by atoms with E-state index in [2.05, 4.69) is 38.8 Å². The van der Waals surface area contributed by atoms with E-state index in [0.29, 0.717) is 0 Å². The van der Waals surface area contributed by atoms with E-state index in [0.717, 1.165) is 24.3 Å². The Morgan fingerprint density at radius 3 is 2.31 bits per heavy atom. The highest BCUT2D eigenvalue weighted by atomic mass is 79.9. The topological polar surface area (TPSA) is 9.23 Å². The second kappa shape index (κ2) is 6.87. The van der Waals surface area contributed by atoms with Gasteiger partial charge in [-0.3, -0.25) is 0 Å². The highest BCUT2D eigenvalue weighted by Crippen LogP contribution is 2.42. The van der Waals surface area contributed by atoms with Gasteiger partial charge < -0.3 is 4.74 Å². The molecule has 0 aromatic heterocycles. The van der Waals surface area contributed by atoms with E-state index in [-0.39, 0.29) is 0 Å². The monoisotopic (exact) mass is 368 g/mol. The van der Waals surface area contributed by atoms with Crippen molar-refractivity contribution in [2.75, 3.05) is 6.61 Å². The summed E-state index contributed by atoms with van der Waals surface area (Å²) in [6, 6.07) is 7.74. The molecule has 0 heterocycles. The van der Waals surface area contributed by atoms with Crippen molar-refractivity contribution < 1.29 is 4.74 Å². The first kappa shape index (κ1) is 14.3. The normalized spacial score (nSPS) is 11.5. The third-order valence-corrected chi connectivity index (χ3v) is 3.33. The van der Waals surface area contributed by atoms with Crippen molar-refractivity contribution >= 4 is 43.5 Å². The van der Waals surface area contributed by atoms with Gasteiger partial charge in [0, 0.05) is 0 Å². The van der Waals surface area contributed by atoms with Gasteiger partial charge in [0.1, 0.15) is 5.75 Å². The van der Waals surface area contributed by atoms with Gasteiger partial charge in [0.15, 0.2) is 2.69 Å². The second-order valence-electron chi connectivity index (χ2n) is 3.58. The molecule has 1 nitrogen and oxygen atoms in total. The lowest BCUT2D eigenvalue weighted by molar-refractivity contribution is 0.306. The highest BCUT2D eigenvalue weighted by Gasteiger charge is 2.20. The summed E-state index contributed by atoms with van der Waals surface area (Å²) in [5, 5.41) is 0. The van der Waals surface area contributed by atoms with E-state index >= 15 is 0 Å². The number of halogens is 3. The minimum Gasteiger partial charge on any atom is -0.494 e. The Bertz CT molecular complexity index is 306. The largest absolute Gasteiger partial charge is 0.494 e. The van der Waals surface area contributed by atoms with Gasteiger partial charge in [0.2, 0.25) is 0 Å². The SMILES string of the molecule is CCCCCOc1ccc(C(Cl)(Br)Br)cc1. The summed E-state index contributed by atoms with van der Waals surface area (Å²) >= 11 is 12.7. The van der Waals surface area contributed by atoms with Gasteiger partial charge in [-0.2, -0.15) is 0 Å². The summed E-state index contributed by atoms with van der Waals surface area (Å²) in [4.78, 5) is 0. The van der Waals surface area contributed by atoms with Crippen LogP contribution in [0.15, 0.2) is 24.3 Å². The molecule has 16 heavy (non-hydrogen) atoms. The van der Waals surface area contributed by atoms with Gasteiger partial charge in [-0.1, -0.05) is 43.5 Å². The highest BCUT2D eigenvalue weighted by molar-refractivity contribution is 9.25. The van der Waals surface area contributed by atoms with Crippen LogP contribution in [0.3, 0.4) is 0 Å². The molecular formula is C12H15Br2ClO. The molecule has 0 spiro atoms. The zero-order valence-electron chi connectivity index (χ0n) is 9.18. The average Bonchev–Trinajstić information content (AvgIpc) is 2.24. The van der Waals surface area contributed by atoms with Crippen molar-refractivity contribution in [2.45, 2.75) is 28.9 Å². The first-order valence-electron chi connectivity index (χ1n) is 5.34. The molecule has 0 saturated heterocycles. The van der Waals surface area contributed by atoms with Crippen LogP contribution in [0.5, 0.6) is 5.75 Å². The van der Waals surface area contributed by atoms with E-state index in [4.69, 9.17) is 16.3 Å². The lowest BCUT2D eigenvalue weighted by Crippen LogP contribution is -2.00. The van der Waals surface area contributed by atoms with E-state index in [9.17, 15) is 0 Å². The average molecular weight is 371 g/mol. The number of alkyl halides is 3. The van der Waals surface area contributed by atoms with Gasteiger partial charge in [-0.05, 0) is 56.0 Å². The quantitative estimate of drug-likeness (QED) is 0.482. The molecule has 0 saturated carbocycles. The molecule has 4 heteroatoms. The first-order valence-corrected chi connectivity index (χ1v) is 7.30. The van der Waals surface area contributed by atoms with Crippen molar-refractivity contribution in [3.8, 4) is 5.75 Å². The Morgan fingerprint density at radius 1 is 1.19 bits per heavy atom. The van der Waals surface area contributed by atoms with E-state index in [1.165, 1.54) is 12.8 Å². The molecule has 0 amide bonds. The molecule has 0 atom stereocenters. The minimum atomic E-state index is -0.680. The van der Waals surface area contributed by atoms with Crippen LogP contribution in [-0.2, 0) is 2.69 Å². The van der Waals surface area contributed by atoms with Crippen molar-refractivity contribution in [3.05, 3.63) is 29.8 Å². The molecule has 1 aromatic rings. The Morgan fingerprint density at radius 2 is 1.81 bits per heavy atom. The van der Waals surface area contributed by atoms with E-state index in [1.807, 2.05) is 24.3 Å². The second-order valence-corrected chi connectivity index (χ2v) is 8.50. The molecule has 0 bridgehead atoms. The van der Waals surface area contributed by atoms with E-state index in [1.54, 1.807) is 0 Å². The molecule has 90 valence electrons. The lowest BCUT2D eigenvalue weighted by Gasteiger charge is -2.12.